The van der Waals surface area contributed by atoms with Crippen LogP contribution in [0.15, 0.2) is 22.7 Å². The lowest BCUT2D eigenvalue weighted by atomic mass is 10.0. The quantitative estimate of drug-likeness (QED) is 0.788. The molecule has 88 valence electrons. The molecule has 0 amide bonds. The monoisotopic (exact) mass is 292 g/mol. The molecule has 1 unspecified atom stereocenters. The SMILES string of the molecule is N#Cc1ccc(Br)cc1N1CCCCC1C=O. The minimum atomic E-state index is -0.0925. The fraction of sp³-hybridized carbons (Fsp3) is 0.385. The number of carbonyl (C=O) groups excluding carboxylic acids is 1. The van der Waals surface area contributed by atoms with Crippen molar-refractivity contribution in [3.05, 3.63) is 28.2 Å². The Hall–Kier alpha value is -1.34. The van der Waals surface area contributed by atoms with Crippen LogP contribution < -0.4 is 4.90 Å². The molecule has 0 aromatic heterocycles. The Bertz CT molecular complexity index is 467. The zero-order valence-corrected chi connectivity index (χ0v) is 11.0. The predicted octanol–water partition coefficient (Wildman–Crippen LogP) is 2.88. The number of hydrogen-bond donors (Lipinski definition) is 0. The Morgan fingerprint density at radius 1 is 1.47 bits per heavy atom. The minimum absolute atomic E-state index is 0.0925. The zero-order chi connectivity index (χ0) is 12.3. The van der Waals surface area contributed by atoms with Gasteiger partial charge in [-0.15, -0.1) is 0 Å². The topological polar surface area (TPSA) is 44.1 Å². The van der Waals surface area contributed by atoms with Crippen LogP contribution in [0.3, 0.4) is 0 Å². The summed E-state index contributed by atoms with van der Waals surface area (Å²) in [6.07, 6.45) is 4.01. The third-order valence-electron chi connectivity index (χ3n) is 3.10. The van der Waals surface area contributed by atoms with Gasteiger partial charge in [-0.1, -0.05) is 15.9 Å². The second-order valence-corrected chi connectivity index (χ2v) is 5.08. The average molecular weight is 293 g/mol. The highest BCUT2D eigenvalue weighted by atomic mass is 79.9. The summed E-state index contributed by atoms with van der Waals surface area (Å²) >= 11 is 3.41. The van der Waals surface area contributed by atoms with Crippen molar-refractivity contribution in [2.45, 2.75) is 25.3 Å². The first kappa shape index (κ1) is 12.1. The molecule has 0 N–H and O–H groups in total. The maximum Gasteiger partial charge on any atom is 0.142 e. The molecule has 1 aliphatic rings. The first-order valence-electron chi connectivity index (χ1n) is 5.68. The van der Waals surface area contributed by atoms with Crippen molar-refractivity contribution < 1.29 is 4.79 Å². The second kappa shape index (κ2) is 5.33. The molecular weight excluding hydrogens is 280 g/mol. The van der Waals surface area contributed by atoms with Gasteiger partial charge in [0.15, 0.2) is 0 Å². The fourth-order valence-corrected chi connectivity index (χ4v) is 2.58. The van der Waals surface area contributed by atoms with Crippen molar-refractivity contribution in [1.82, 2.24) is 0 Å². The summed E-state index contributed by atoms with van der Waals surface area (Å²) < 4.78 is 0.932. The van der Waals surface area contributed by atoms with E-state index in [9.17, 15) is 4.79 Å². The summed E-state index contributed by atoms with van der Waals surface area (Å²) in [5, 5.41) is 9.12. The van der Waals surface area contributed by atoms with Crippen molar-refractivity contribution in [3.8, 4) is 6.07 Å². The molecule has 4 heteroatoms. The maximum absolute atomic E-state index is 11.1. The van der Waals surface area contributed by atoms with Gasteiger partial charge in [-0.05, 0) is 37.5 Å². The molecule has 0 bridgehead atoms. The number of rotatable bonds is 2. The Balaban J connectivity index is 2.40. The molecule has 0 radical (unpaired) electrons. The molecule has 1 heterocycles. The van der Waals surface area contributed by atoms with E-state index in [0.717, 1.165) is 42.3 Å². The van der Waals surface area contributed by atoms with E-state index in [-0.39, 0.29) is 6.04 Å². The Morgan fingerprint density at radius 3 is 3.00 bits per heavy atom. The van der Waals surface area contributed by atoms with Gasteiger partial charge < -0.3 is 9.69 Å². The van der Waals surface area contributed by atoms with Gasteiger partial charge in [-0.3, -0.25) is 0 Å². The third kappa shape index (κ3) is 2.50. The van der Waals surface area contributed by atoms with E-state index in [1.807, 2.05) is 17.0 Å². The third-order valence-corrected chi connectivity index (χ3v) is 3.59. The summed E-state index contributed by atoms with van der Waals surface area (Å²) in [7, 11) is 0. The predicted molar refractivity (Wildman–Crippen MR) is 69.9 cm³/mol. The van der Waals surface area contributed by atoms with E-state index in [1.165, 1.54) is 0 Å². The largest absolute Gasteiger partial charge is 0.361 e. The van der Waals surface area contributed by atoms with Crippen LogP contribution in [0.5, 0.6) is 0 Å². The highest BCUT2D eigenvalue weighted by Gasteiger charge is 2.24. The van der Waals surface area contributed by atoms with E-state index in [1.54, 1.807) is 6.07 Å². The van der Waals surface area contributed by atoms with Gasteiger partial charge in [0, 0.05) is 11.0 Å². The number of nitrogens with zero attached hydrogens (tertiary/aromatic N) is 2. The smallest absolute Gasteiger partial charge is 0.142 e. The summed E-state index contributed by atoms with van der Waals surface area (Å²) in [6.45, 7) is 0.842. The molecule has 17 heavy (non-hydrogen) atoms. The number of carbonyl (C=O) groups is 1. The van der Waals surface area contributed by atoms with Crippen molar-refractivity contribution in [2.75, 3.05) is 11.4 Å². The first-order valence-corrected chi connectivity index (χ1v) is 6.47. The van der Waals surface area contributed by atoms with Crippen LogP contribution in [-0.4, -0.2) is 18.9 Å². The molecule has 1 aromatic carbocycles. The van der Waals surface area contributed by atoms with Crippen molar-refractivity contribution in [3.63, 3.8) is 0 Å². The van der Waals surface area contributed by atoms with Gasteiger partial charge >= 0.3 is 0 Å². The van der Waals surface area contributed by atoms with Gasteiger partial charge in [0.2, 0.25) is 0 Å². The van der Waals surface area contributed by atoms with E-state index >= 15 is 0 Å². The van der Waals surface area contributed by atoms with Crippen LogP contribution in [0.1, 0.15) is 24.8 Å². The zero-order valence-electron chi connectivity index (χ0n) is 9.40. The lowest BCUT2D eigenvalue weighted by molar-refractivity contribution is -0.109. The molecule has 0 saturated carbocycles. The van der Waals surface area contributed by atoms with E-state index < -0.39 is 0 Å². The Morgan fingerprint density at radius 2 is 2.29 bits per heavy atom. The molecule has 1 fully saturated rings. The molecular formula is C13H13BrN2O. The van der Waals surface area contributed by atoms with Crippen molar-refractivity contribution in [1.29, 1.82) is 5.26 Å². The summed E-state index contributed by atoms with van der Waals surface area (Å²) in [5.41, 5.74) is 1.49. The van der Waals surface area contributed by atoms with Crippen molar-refractivity contribution in [2.24, 2.45) is 0 Å². The number of piperidine rings is 1. The molecule has 1 aromatic rings. The first-order chi connectivity index (χ1) is 8.26. The van der Waals surface area contributed by atoms with Gasteiger partial charge in [-0.2, -0.15) is 5.26 Å². The number of benzene rings is 1. The van der Waals surface area contributed by atoms with Crippen LogP contribution in [0.25, 0.3) is 0 Å². The van der Waals surface area contributed by atoms with Crippen LogP contribution >= 0.6 is 15.9 Å². The number of aldehydes is 1. The van der Waals surface area contributed by atoms with Crippen LogP contribution in [0, 0.1) is 11.3 Å². The Labute approximate surface area is 109 Å². The van der Waals surface area contributed by atoms with Gasteiger partial charge in [0.05, 0.1) is 17.3 Å². The molecule has 3 nitrogen and oxygen atoms in total. The highest BCUT2D eigenvalue weighted by Crippen LogP contribution is 2.29. The molecule has 0 spiro atoms. The van der Waals surface area contributed by atoms with Crippen LogP contribution in [0.2, 0.25) is 0 Å². The number of anilines is 1. The normalized spacial score (nSPS) is 19.8. The summed E-state index contributed by atoms with van der Waals surface area (Å²) in [5.74, 6) is 0. The van der Waals surface area contributed by atoms with E-state index in [4.69, 9.17) is 5.26 Å². The van der Waals surface area contributed by atoms with E-state index in [0.29, 0.717) is 5.56 Å². The Kier molecular flexibility index (Phi) is 3.80. The van der Waals surface area contributed by atoms with Crippen LogP contribution in [-0.2, 0) is 4.79 Å². The van der Waals surface area contributed by atoms with Gasteiger partial charge in [0.1, 0.15) is 12.4 Å². The molecule has 0 aliphatic carbocycles. The van der Waals surface area contributed by atoms with E-state index in [2.05, 4.69) is 22.0 Å². The molecule has 1 aliphatic heterocycles. The molecule has 2 rings (SSSR count). The fourth-order valence-electron chi connectivity index (χ4n) is 2.23. The number of nitriles is 1. The maximum atomic E-state index is 11.1. The summed E-state index contributed by atoms with van der Waals surface area (Å²) in [6, 6.07) is 7.65. The van der Waals surface area contributed by atoms with Crippen molar-refractivity contribution >= 4 is 27.9 Å². The number of hydrogen-bond acceptors (Lipinski definition) is 3. The summed E-state index contributed by atoms with van der Waals surface area (Å²) in [4.78, 5) is 13.1. The highest BCUT2D eigenvalue weighted by molar-refractivity contribution is 9.10. The van der Waals surface area contributed by atoms with Crippen LogP contribution in [0.4, 0.5) is 5.69 Å². The van der Waals surface area contributed by atoms with Gasteiger partial charge in [-0.25, -0.2) is 0 Å². The average Bonchev–Trinajstić information content (AvgIpc) is 2.38. The number of halogens is 1. The van der Waals surface area contributed by atoms with Gasteiger partial charge in [0.25, 0.3) is 0 Å². The lowest BCUT2D eigenvalue weighted by Gasteiger charge is -2.34. The second-order valence-electron chi connectivity index (χ2n) is 4.17. The lowest BCUT2D eigenvalue weighted by Crippen LogP contribution is -2.41. The minimum Gasteiger partial charge on any atom is -0.361 e. The molecule has 1 saturated heterocycles. The standard InChI is InChI=1S/C13H13BrN2O/c14-11-5-4-10(8-15)13(7-11)16-6-2-1-3-12(16)9-17/h4-5,7,9,12H,1-3,6H2. The molecule has 1 atom stereocenters.